The van der Waals surface area contributed by atoms with E-state index >= 15 is 0 Å². The van der Waals surface area contributed by atoms with Gasteiger partial charge in [0.15, 0.2) is 0 Å². The van der Waals surface area contributed by atoms with Gasteiger partial charge in [0, 0.05) is 22.4 Å². The molecule has 0 bridgehead atoms. The Bertz CT molecular complexity index is 917. The molecule has 0 aromatic heterocycles. The molecule has 0 heterocycles. The van der Waals surface area contributed by atoms with Gasteiger partial charge in [-0.25, -0.2) is 0 Å². The Morgan fingerprint density at radius 2 is 1.62 bits per heavy atom. The van der Waals surface area contributed by atoms with Gasteiger partial charge in [0.2, 0.25) is 5.91 Å². The van der Waals surface area contributed by atoms with Crippen molar-refractivity contribution in [2.45, 2.75) is 23.1 Å². The molecule has 3 aromatic carbocycles. The second kappa shape index (κ2) is 10.7. The Balaban J connectivity index is 1.64. The van der Waals surface area contributed by atoms with E-state index in [9.17, 15) is 4.79 Å². The molecule has 0 saturated carbocycles. The van der Waals surface area contributed by atoms with E-state index in [4.69, 9.17) is 4.74 Å². The van der Waals surface area contributed by atoms with Crippen LogP contribution in [0.1, 0.15) is 11.1 Å². The standard InChI is InChI=1S/C24H26N2O2S/c1-25-21(15-18-9-5-3-6-10-18)24(27)26-20-13-14-23(22(16-20)28-2)29-17-19-11-7-4-8-12-19/h3-14,16,21,25H,15,17H2,1-2H3,(H,26,27). The van der Waals surface area contributed by atoms with Gasteiger partial charge in [-0.3, -0.25) is 4.79 Å². The van der Waals surface area contributed by atoms with Crippen molar-refractivity contribution in [3.05, 3.63) is 90.0 Å². The molecule has 3 rings (SSSR count). The summed E-state index contributed by atoms with van der Waals surface area (Å²) in [5.41, 5.74) is 3.10. The molecule has 1 amide bonds. The van der Waals surface area contributed by atoms with Crippen LogP contribution in [-0.4, -0.2) is 26.1 Å². The Labute approximate surface area is 176 Å². The molecule has 3 aromatic rings. The number of hydrogen-bond donors (Lipinski definition) is 2. The van der Waals surface area contributed by atoms with Gasteiger partial charge in [0.1, 0.15) is 5.75 Å². The van der Waals surface area contributed by atoms with Gasteiger partial charge in [-0.15, -0.1) is 11.8 Å². The molecule has 0 saturated heterocycles. The average Bonchev–Trinajstić information content (AvgIpc) is 2.77. The van der Waals surface area contributed by atoms with Crippen LogP contribution >= 0.6 is 11.8 Å². The van der Waals surface area contributed by atoms with Gasteiger partial charge in [-0.2, -0.15) is 0 Å². The lowest BCUT2D eigenvalue weighted by Crippen LogP contribution is -2.40. The summed E-state index contributed by atoms with van der Waals surface area (Å²) < 4.78 is 5.55. The monoisotopic (exact) mass is 406 g/mol. The fourth-order valence-corrected chi connectivity index (χ4v) is 3.97. The molecule has 29 heavy (non-hydrogen) atoms. The summed E-state index contributed by atoms with van der Waals surface area (Å²) in [6, 6.07) is 25.8. The zero-order chi connectivity index (χ0) is 20.5. The number of thioether (sulfide) groups is 1. The summed E-state index contributed by atoms with van der Waals surface area (Å²) in [6.07, 6.45) is 0.630. The van der Waals surface area contributed by atoms with Crippen LogP contribution in [-0.2, 0) is 17.0 Å². The Hall–Kier alpha value is -2.76. The third kappa shape index (κ3) is 6.11. The maximum Gasteiger partial charge on any atom is 0.241 e. The Morgan fingerprint density at radius 3 is 2.24 bits per heavy atom. The molecular weight excluding hydrogens is 380 g/mol. The Kier molecular flexibility index (Phi) is 7.73. The van der Waals surface area contributed by atoms with Gasteiger partial charge in [0.25, 0.3) is 0 Å². The van der Waals surface area contributed by atoms with Gasteiger partial charge in [-0.05, 0) is 36.7 Å². The summed E-state index contributed by atoms with van der Waals surface area (Å²) in [7, 11) is 3.45. The lowest BCUT2D eigenvalue weighted by atomic mass is 10.1. The number of ether oxygens (including phenoxy) is 1. The molecule has 1 atom stereocenters. The van der Waals surface area contributed by atoms with Crippen LogP contribution < -0.4 is 15.4 Å². The highest BCUT2D eigenvalue weighted by Gasteiger charge is 2.17. The summed E-state index contributed by atoms with van der Waals surface area (Å²) in [4.78, 5) is 13.8. The second-order valence-corrected chi connectivity index (χ2v) is 7.68. The minimum atomic E-state index is -0.310. The van der Waals surface area contributed by atoms with E-state index in [-0.39, 0.29) is 11.9 Å². The van der Waals surface area contributed by atoms with Crippen molar-refractivity contribution in [1.29, 1.82) is 0 Å². The second-order valence-electron chi connectivity index (χ2n) is 6.66. The van der Waals surface area contributed by atoms with Crippen LogP contribution in [0, 0.1) is 0 Å². The summed E-state index contributed by atoms with van der Waals surface area (Å²) in [5, 5.41) is 6.10. The third-order valence-corrected chi connectivity index (χ3v) is 5.74. The lowest BCUT2D eigenvalue weighted by molar-refractivity contribution is -0.118. The third-order valence-electron chi connectivity index (χ3n) is 4.62. The van der Waals surface area contributed by atoms with Crippen LogP contribution in [0.3, 0.4) is 0 Å². The van der Waals surface area contributed by atoms with Crippen molar-refractivity contribution in [1.82, 2.24) is 5.32 Å². The van der Waals surface area contributed by atoms with Crippen molar-refractivity contribution < 1.29 is 9.53 Å². The number of nitrogens with one attached hydrogen (secondary N) is 2. The normalized spacial score (nSPS) is 11.7. The fourth-order valence-electron chi connectivity index (χ4n) is 3.00. The number of hydrogen-bond acceptors (Lipinski definition) is 4. The highest BCUT2D eigenvalue weighted by atomic mass is 32.2. The van der Waals surface area contributed by atoms with E-state index < -0.39 is 0 Å². The summed E-state index contributed by atoms with van der Waals surface area (Å²) in [6.45, 7) is 0. The molecule has 0 fully saturated rings. The van der Waals surface area contributed by atoms with Crippen molar-refractivity contribution in [2.24, 2.45) is 0 Å². The largest absolute Gasteiger partial charge is 0.496 e. The number of rotatable bonds is 9. The van der Waals surface area contributed by atoms with Crippen LogP contribution in [0.2, 0.25) is 0 Å². The van der Waals surface area contributed by atoms with E-state index in [2.05, 4.69) is 22.8 Å². The predicted octanol–water partition coefficient (Wildman–Crippen LogP) is 4.76. The minimum absolute atomic E-state index is 0.0666. The van der Waals surface area contributed by atoms with Gasteiger partial charge >= 0.3 is 0 Å². The van der Waals surface area contributed by atoms with Gasteiger partial charge in [0.05, 0.1) is 13.2 Å². The summed E-state index contributed by atoms with van der Waals surface area (Å²) >= 11 is 1.71. The molecule has 2 N–H and O–H groups in total. The number of likely N-dealkylation sites (N-methyl/N-ethyl adjacent to an activating group) is 1. The van der Waals surface area contributed by atoms with Crippen LogP contribution in [0.4, 0.5) is 5.69 Å². The number of carbonyl (C=O) groups is 1. The van der Waals surface area contributed by atoms with Crippen molar-refractivity contribution in [3.8, 4) is 5.75 Å². The van der Waals surface area contributed by atoms with E-state index in [1.807, 2.05) is 66.7 Å². The molecule has 1 unspecified atom stereocenters. The molecular formula is C24H26N2O2S. The minimum Gasteiger partial charge on any atom is -0.496 e. The number of carbonyl (C=O) groups excluding carboxylic acids is 1. The smallest absolute Gasteiger partial charge is 0.241 e. The average molecular weight is 407 g/mol. The molecule has 0 aliphatic rings. The first-order valence-electron chi connectivity index (χ1n) is 9.56. The molecule has 0 aliphatic carbocycles. The quantitative estimate of drug-likeness (QED) is 0.503. The number of anilines is 1. The first kappa shape index (κ1) is 21.0. The van der Waals surface area contributed by atoms with E-state index in [0.29, 0.717) is 6.42 Å². The molecule has 5 heteroatoms. The number of methoxy groups -OCH3 is 1. The van der Waals surface area contributed by atoms with Crippen LogP contribution in [0.15, 0.2) is 83.8 Å². The molecule has 0 spiro atoms. The molecule has 0 radical (unpaired) electrons. The van der Waals surface area contributed by atoms with Crippen molar-refractivity contribution in [3.63, 3.8) is 0 Å². The van der Waals surface area contributed by atoms with Gasteiger partial charge < -0.3 is 15.4 Å². The van der Waals surface area contributed by atoms with E-state index in [1.54, 1.807) is 25.9 Å². The van der Waals surface area contributed by atoms with E-state index in [1.165, 1.54) is 5.56 Å². The zero-order valence-corrected chi connectivity index (χ0v) is 17.5. The zero-order valence-electron chi connectivity index (χ0n) is 16.7. The molecule has 4 nitrogen and oxygen atoms in total. The molecule has 0 aliphatic heterocycles. The topological polar surface area (TPSA) is 50.4 Å². The maximum absolute atomic E-state index is 12.7. The number of amides is 1. The summed E-state index contributed by atoms with van der Waals surface area (Å²) in [5.74, 6) is 1.55. The van der Waals surface area contributed by atoms with Crippen molar-refractivity contribution >= 4 is 23.4 Å². The Morgan fingerprint density at radius 1 is 0.966 bits per heavy atom. The molecule has 150 valence electrons. The lowest BCUT2D eigenvalue weighted by Gasteiger charge is -2.17. The van der Waals surface area contributed by atoms with Crippen molar-refractivity contribution in [2.75, 3.05) is 19.5 Å². The van der Waals surface area contributed by atoms with E-state index in [0.717, 1.165) is 27.6 Å². The van der Waals surface area contributed by atoms with Gasteiger partial charge in [-0.1, -0.05) is 60.7 Å². The maximum atomic E-state index is 12.7. The highest BCUT2D eigenvalue weighted by molar-refractivity contribution is 7.98. The first-order chi connectivity index (χ1) is 14.2. The van der Waals surface area contributed by atoms with Crippen LogP contribution in [0.5, 0.6) is 5.75 Å². The highest BCUT2D eigenvalue weighted by Crippen LogP contribution is 2.33. The first-order valence-corrected chi connectivity index (χ1v) is 10.5. The SMILES string of the molecule is CNC(Cc1ccccc1)C(=O)Nc1ccc(SCc2ccccc2)c(OC)c1. The van der Waals surface area contributed by atoms with Crippen LogP contribution in [0.25, 0.3) is 0 Å². The predicted molar refractivity (Wildman–Crippen MR) is 121 cm³/mol. The fraction of sp³-hybridized carbons (Fsp3) is 0.208. The number of benzene rings is 3.